The van der Waals surface area contributed by atoms with Gasteiger partial charge in [-0.15, -0.1) is 0 Å². The normalized spacial score (nSPS) is 14.3. The minimum absolute atomic E-state index is 0.102. The highest BCUT2D eigenvalue weighted by molar-refractivity contribution is 7.47. The molecular formula is C68H132O17P2. The molecule has 0 rings (SSSR count). The summed E-state index contributed by atoms with van der Waals surface area (Å²) in [6, 6.07) is 0. The van der Waals surface area contributed by atoms with Crippen molar-refractivity contribution in [1.29, 1.82) is 0 Å². The lowest BCUT2D eigenvalue weighted by atomic mass is 10.0. The molecule has 2 unspecified atom stereocenters. The molecule has 0 bridgehead atoms. The number of aliphatic hydroxyl groups is 1. The first-order chi connectivity index (χ1) is 41.7. The molecule has 0 fully saturated rings. The van der Waals surface area contributed by atoms with Gasteiger partial charge in [-0.3, -0.25) is 37.3 Å². The number of unbranched alkanes of at least 4 members (excludes halogenated alkanes) is 34. The van der Waals surface area contributed by atoms with Crippen LogP contribution in [0.3, 0.4) is 0 Å². The molecule has 0 aromatic heterocycles. The number of aliphatic hydroxyl groups excluding tert-OH is 1. The first kappa shape index (κ1) is 85.1. The van der Waals surface area contributed by atoms with Gasteiger partial charge in [0.25, 0.3) is 0 Å². The largest absolute Gasteiger partial charge is 0.472 e. The lowest BCUT2D eigenvalue weighted by Crippen LogP contribution is -2.30. The number of carbonyl (C=O) groups excluding carboxylic acids is 4. The van der Waals surface area contributed by atoms with E-state index in [1.807, 2.05) is 0 Å². The van der Waals surface area contributed by atoms with Crippen molar-refractivity contribution in [2.45, 2.75) is 356 Å². The molecule has 19 heteroatoms. The molecule has 0 aliphatic carbocycles. The highest BCUT2D eigenvalue weighted by Crippen LogP contribution is 2.45. The average Bonchev–Trinajstić information content (AvgIpc) is 3.57. The van der Waals surface area contributed by atoms with Crippen LogP contribution in [-0.4, -0.2) is 96.7 Å². The minimum Gasteiger partial charge on any atom is -0.462 e. The molecule has 0 saturated heterocycles. The highest BCUT2D eigenvalue weighted by atomic mass is 31.2. The number of phosphoric ester groups is 2. The van der Waals surface area contributed by atoms with Crippen LogP contribution in [0, 0.1) is 17.8 Å². The van der Waals surface area contributed by atoms with E-state index in [-0.39, 0.29) is 25.7 Å². The quantitative estimate of drug-likeness (QED) is 0.0222. The van der Waals surface area contributed by atoms with Crippen molar-refractivity contribution >= 4 is 39.5 Å². The Kier molecular flexibility index (Phi) is 57.8. The summed E-state index contributed by atoms with van der Waals surface area (Å²) in [5, 5.41) is 10.6. The van der Waals surface area contributed by atoms with Gasteiger partial charge in [-0.25, -0.2) is 9.13 Å². The summed E-state index contributed by atoms with van der Waals surface area (Å²) in [4.78, 5) is 72.4. The van der Waals surface area contributed by atoms with Gasteiger partial charge in [0.1, 0.15) is 19.3 Å². The Morgan fingerprint density at radius 2 is 0.529 bits per heavy atom. The Morgan fingerprint density at radius 1 is 0.310 bits per heavy atom. The van der Waals surface area contributed by atoms with E-state index in [2.05, 4.69) is 48.5 Å². The first-order valence-corrected chi connectivity index (χ1v) is 38.3. The molecule has 0 aromatic carbocycles. The monoisotopic (exact) mass is 1280 g/mol. The third-order valence-corrected chi connectivity index (χ3v) is 17.5. The predicted octanol–water partition coefficient (Wildman–Crippen LogP) is 19.1. The first-order valence-electron chi connectivity index (χ1n) is 35.3. The van der Waals surface area contributed by atoms with E-state index in [4.69, 9.17) is 37.0 Å². The maximum Gasteiger partial charge on any atom is 0.472 e. The summed E-state index contributed by atoms with van der Waals surface area (Å²) >= 11 is 0. The van der Waals surface area contributed by atoms with E-state index >= 15 is 0 Å². The standard InChI is InChI=1S/C68H132O17P2/c1-8-9-10-11-12-13-14-15-18-21-28-35-42-49-65(70)78-55-63(84-67(72)51-44-37-29-22-19-16-17-20-25-32-39-46-59(2)3)57-82-86(74,75)80-53-62(69)54-81-87(76,77)83-58-64(85-68(73)52-45-38-31-24-27-34-41-48-61(6)7)56-79-66(71)50-43-36-30-23-26-33-40-47-60(4)5/h59-64,69H,8-58H2,1-7H3,(H,74,75)(H,76,77)/t62-,63-,64-/m1/s1. The zero-order chi connectivity index (χ0) is 64.5. The zero-order valence-corrected chi connectivity index (χ0v) is 58.3. The van der Waals surface area contributed by atoms with Gasteiger partial charge < -0.3 is 33.8 Å². The maximum absolute atomic E-state index is 13.0. The van der Waals surface area contributed by atoms with E-state index in [1.165, 1.54) is 141 Å². The summed E-state index contributed by atoms with van der Waals surface area (Å²) in [5.74, 6) is 0.0348. The summed E-state index contributed by atoms with van der Waals surface area (Å²) in [7, 11) is -9.90. The molecule has 0 aliphatic rings. The Hall–Kier alpha value is -1.94. The topological polar surface area (TPSA) is 237 Å². The van der Waals surface area contributed by atoms with Gasteiger partial charge >= 0.3 is 39.5 Å². The number of hydrogen-bond donors (Lipinski definition) is 3. The predicted molar refractivity (Wildman–Crippen MR) is 349 cm³/mol. The van der Waals surface area contributed by atoms with Crippen LogP contribution in [0.1, 0.15) is 337 Å². The molecule has 3 N–H and O–H groups in total. The van der Waals surface area contributed by atoms with Gasteiger partial charge in [0.2, 0.25) is 0 Å². The van der Waals surface area contributed by atoms with Crippen LogP contribution in [0.4, 0.5) is 0 Å². The van der Waals surface area contributed by atoms with Gasteiger partial charge in [0.15, 0.2) is 12.2 Å². The Morgan fingerprint density at radius 3 is 0.782 bits per heavy atom. The smallest absolute Gasteiger partial charge is 0.462 e. The summed E-state index contributed by atoms with van der Waals surface area (Å²) in [5.41, 5.74) is 0. The van der Waals surface area contributed by atoms with Crippen molar-refractivity contribution in [2.24, 2.45) is 17.8 Å². The number of carbonyl (C=O) groups is 4. The van der Waals surface area contributed by atoms with Gasteiger partial charge in [-0.2, -0.15) is 0 Å². The number of ether oxygens (including phenoxy) is 4. The van der Waals surface area contributed by atoms with Crippen molar-refractivity contribution < 1.29 is 80.2 Å². The van der Waals surface area contributed by atoms with Crippen LogP contribution in [0.2, 0.25) is 0 Å². The minimum atomic E-state index is -4.95. The van der Waals surface area contributed by atoms with Crippen LogP contribution >= 0.6 is 15.6 Å². The van der Waals surface area contributed by atoms with Crippen molar-refractivity contribution in [3.63, 3.8) is 0 Å². The van der Waals surface area contributed by atoms with Gasteiger partial charge in [-0.05, 0) is 43.4 Å². The Labute approximate surface area is 530 Å². The Bertz CT molecular complexity index is 1720. The number of hydrogen-bond acceptors (Lipinski definition) is 15. The molecule has 0 heterocycles. The van der Waals surface area contributed by atoms with Crippen molar-refractivity contribution in [2.75, 3.05) is 39.6 Å². The molecule has 5 atom stereocenters. The number of rotatable bonds is 66. The molecular weight excluding hydrogens is 1150 g/mol. The molecule has 0 aromatic rings. The van der Waals surface area contributed by atoms with E-state index < -0.39 is 97.5 Å². The second-order valence-electron chi connectivity index (χ2n) is 26.0. The molecule has 516 valence electrons. The number of phosphoric acid groups is 2. The maximum atomic E-state index is 13.0. The molecule has 0 saturated carbocycles. The van der Waals surface area contributed by atoms with Crippen molar-refractivity contribution in [1.82, 2.24) is 0 Å². The molecule has 0 aliphatic heterocycles. The zero-order valence-electron chi connectivity index (χ0n) is 56.5. The van der Waals surface area contributed by atoms with Crippen molar-refractivity contribution in [3.8, 4) is 0 Å². The van der Waals surface area contributed by atoms with Crippen LogP contribution < -0.4 is 0 Å². The van der Waals surface area contributed by atoms with E-state index in [1.54, 1.807) is 0 Å². The van der Waals surface area contributed by atoms with Crippen LogP contribution in [0.5, 0.6) is 0 Å². The van der Waals surface area contributed by atoms with Crippen LogP contribution in [-0.2, 0) is 65.4 Å². The second kappa shape index (κ2) is 59.1. The van der Waals surface area contributed by atoms with Crippen LogP contribution in [0.15, 0.2) is 0 Å². The summed E-state index contributed by atoms with van der Waals surface area (Å²) in [6.45, 7) is 11.7. The van der Waals surface area contributed by atoms with E-state index in [0.717, 1.165) is 102 Å². The highest BCUT2D eigenvalue weighted by Gasteiger charge is 2.30. The third kappa shape index (κ3) is 62.6. The van der Waals surface area contributed by atoms with Gasteiger partial charge in [0.05, 0.1) is 26.4 Å². The van der Waals surface area contributed by atoms with E-state index in [9.17, 15) is 43.2 Å². The average molecular weight is 1280 g/mol. The fraction of sp³-hybridized carbons (Fsp3) is 0.941. The summed E-state index contributed by atoms with van der Waals surface area (Å²) in [6.07, 6.45) is 41.8. The Balaban J connectivity index is 5.25. The fourth-order valence-corrected chi connectivity index (χ4v) is 11.8. The lowest BCUT2D eigenvalue weighted by Gasteiger charge is -2.21. The lowest BCUT2D eigenvalue weighted by molar-refractivity contribution is -0.161. The SMILES string of the molecule is CCCCCCCCCCCCCCCC(=O)OC[C@H](COP(=O)(O)OC[C@@H](O)COP(=O)(O)OC[C@@H](COC(=O)CCCCCCCCCC(C)C)OC(=O)CCCCCCCCCC(C)C)OC(=O)CCCCCCCCCCCCCC(C)C. The fourth-order valence-electron chi connectivity index (χ4n) is 10.2. The molecule has 87 heavy (non-hydrogen) atoms. The van der Waals surface area contributed by atoms with E-state index in [0.29, 0.717) is 37.5 Å². The van der Waals surface area contributed by atoms with Crippen LogP contribution in [0.25, 0.3) is 0 Å². The molecule has 0 spiro atoms. The third-order valence-electron chi connectivity index (χ3n) is 15.6. The number of esters is 4. The molecule has 17 nitrogen and oxygen atoms in total. The van der Waals surface area contributed by atoms with Gasteiger partial charge in [-0.1, -0.05) is 286 Å². The van der Waals surface area contributed by atoms with Crippen molar-refractivity contribution in [3.05, 3.63) is 0 Å². The summed E-state index contributed by atoms with van der Waals surface area (Å²) < 4.78 is 68.2. The molecule has 0 amide bonds. The molecule has 0 radical (unpaired) electrons. The van der Waals surface area contributed by atoms with Gasteiger partial charge in [0, 0.05) is 25.7 Å². The second-order valence-corrected chi connectivity index (χ2v) is 28.9.